The maximum absolute atomic E-state index is 13.1. The Hall–Kier alpha value is -1.53. The summed E-state index contributed by atoms with van der Waals surface area (Å²) < 4.78 is 7.78. The molecule has 34 heavy (non-hydrogen) atoms. The Morgan fingerprint density at radius 2 is 1.79 bits per heavy atom. The topological polar surface area (TPSA) is 45.1 Å². The first-order valence-corrected chi connectivity index (χ1v) is 14.4. The summed E-state index contributed by atoms with van der Waals surface area (Å²) in [5.41, 5.74) is 3.08. The lowest BCUT2D eigenvalue weighted by molar-refractivity contribution is -0.122. The van der Waals surface area contributed by atoms with E-state index in [4.69, 9.17) is 9.73 Å². The maximum atomic E-state index is 13.1. The van der Waals surface area contributed by atoms with Gasteiger partial charge >= 0.3 is 0 Å². The molecule has 0 bridgehead atoms. The second-order valence-corrected chi connectivity index (χ2v) is 11.4. The average molecular weight is 699 g/mol. The molecule has 2 saturated heterocycles. The van der Waals surface area contributed by atoms with Crippen LogP contribution in [-0.2, 0) is 4.79 Å². The van der Waals surface area contributed by atoms with Crippen molar-refractivity contribution in [3.63, 3.8) is 0 Å². The molecular formula is C26H27I2N3O2S. The number of halogens is 2. The van der Waals surface area contributed by atoms with Crippen LogP contribution in [0, 0.1) is 7.14 Å². The first kappa shape index (κ1) is 25.6. The number of amides is 1. The Morgan fingerprint density at radius 3 is 2.41 bits per heavy atom. The third kappa shape index (κ3) is 5.99. The number of amidine groups is 1. The van der Waals surface area contributed by atoms with Gasteiger partial charge in [-0.2, -0.15) is 0 Å². The highest BCUT2D eigenvalue weighted by Crippen LogP contribution is 2.36. The molecule has 5 nitrogen and oxygen atoms in total. The predicted octanol–water partition coefficient (Wildman–Crippen LogP) is 7.07. The van der Waals surface area contributed by atoms with Gasteiger partial charge in [-0.05, 0) is 131 Å². The number of nitrogens with zero attached hydrogens (tertiary/aromatic N) is 3. The molecule has 0 aliphatic carbocycles. The van der Waals surface area contributed by atoms with E-state index in [1.807, 2.05) is 37.3 Å². The fraction of sp³-hybridized carbons (Fsp3) is 0.308. The molecule has 178 valence electrons. The fourth-order valence-electron chi connectivity index (χ4n) is 3.97. The van der Waals surface area contributed by atoms with E-state index in [9.17, 15) is 4.79 Å². The molecule has 2 heterocycles. The summed E-state index contributed by atoms with van der Waals surface area (Å²) in [4.78, 5) is 22.8. The third-order valence-corrected chi connectivity index (χ3v) is 8.27. The molecule has 0 N–H and O–H groups in total. The number of ether oxygens (including phenoxy) is 1. The molecule has 2 aliphatic heterocycles. The summed E-state index contributed by atoms with van der Waals surface area (Å²) in [6.07, 6.45) is 7.51. The van der Waals surface area contributed by atoms with Crippen molar-refractivity contribution in [1.82, 2.24) is 4.90 Å². The van der Waals surface area contributed by atoms with E-state index in [0.29, 0.717) is 18.1 Å². The zero-order valence-corrected chi connectivity index (χ0v) is 24.2. The number of benzene rings is 2. The number of hydrogen-bond acceptors (Lipinski definition) is 5. The zero-order valence-electron chi connectivity index (χ0n) is 19.1. The van der Waals surface area contributed by atoms with Gasteiger partial charge in [0.25, 0.3) is 5.91 Å². The van der Waals surface area contributed by atoms with Crippen molar-refractivity contribution in [2.24, 2.45) is 4.99 Å². The molecular weight excluding hydrogens is 672 g/mol. The van der Waals surface area contributed by atoms with Crippen LogP contribution in [-0.4, -0.2) is 42.2 Å². The molecule has 4 rings (SSSR count). The number of aliphatic imine (C=N–C) groups is 1. The number of likely N-dealkylation sites (N-methyl/N-ethyl adjacent to an activating group) is 1. The SMILES string of the molecule is C=CCOc1c(I)cc(/C=C2\SC(=Nc3ccc(N4CCCCC4)cc3)N(CC)C2=O)cc1I. The van der Waals surface area contributed by atoms with Crippen molar-refractivity contribution in [2.75, 3.05) is 31.1 Å². The zero-order chi connectivity index (χ0) is 24.1. The van der Waals surface area contributed by atoms with Crippen LogP contribution in [0.2, 0.25) is 0 Å². The second-order valence-electron chi connectivity index (χ2n) is 8.03. The quantitative estimate of drug-likeness (QED) is 0.176. The van der Waals surface area contributed by atoms with Crippen molar-refractivity contribution in [1.29, 1.82) is 0 Å². The molecule has 8 heteroatoms. The second kappa shape index (κ2) is 11.9. The Morgan fingerprint density at radius 1 is 1.12 bits per heavy atom. The fourth-order valence-corrected chi connectivity index (χ4v) is 7.16. The number of piperidine rings is 1. The minimum absolute atomic E-state index is 0.00631. The van der Waals surface area contributed by atoms with Gasteiger partial charge in [-0.1, -0.05) is 12.7 Å². The van der Waals surface area contributed by atoms with Crippen molar-refractivity contribution in [3.05, 3.63) is 66.7 Å². The van der Waals surface area contributed by atoms with E-state index < -0.39 is 0 Å². The summed E-state index contributed by atoms with van der Waals surface area (Å²) in [6.45, 7) is 8.97. The van der Waals surface area contributed by atoms with E-state index in [0.717, 1.165) is 42.4 Å². The van der Waals surface area contributed by atoms with E-state index in [-0.39, 0.29) is 5.91 Å². The molecule has 2 fully saturated rings. The predicted molar refractivity (Wildman–Crippen MR) is 160 cm³/mol. The van der Waals surface area contributed by atoms with Gasteiger partial charge in [0.15, 0.2) is 5.17 Å². The highest BCUT2D eigenvalue weighted by molar-refractivity contribution is 14.1. The van der Waals surface area contributed by atoms with Crippen molar-refractivity contribution in [3.8, 4) is 5.75 Å². The Balaban J connectivity index is 1.55. The number of carbonyl (C=O) groups is 1. The lowest BCUT2D eigenvalue weighted by Gasteiger charge is -2.28. The number of thioether (sulfide) groups is 1. The van der Waals surface area contributed by atoms with Crippen LogP contribution in [0.15, 0.2) is 59.0 Å². The first-order chi connectivity index (χ1) is 16.5. The molecule has 1 amide bonds. The largest absolute Gasteiger partial charge is 0.487 e. The van der Waals surface area contributed by atoms with E-state index in [1.54, 1.807) is 11.0 Å². The Kier molecular flexibility index (Phi) is 8.97. The van der Waals surface area contributed by atoms with Gasteiger partial charge in [-0.25, -0.2) is 4.99 Å². The summed E-state index contributed by atoms with van der Waals surface area (Å²) in [5.74, 6) is 0.840. The molecule has 0 aromatic heterocycles. The number of rotatable bonds is 7. The van der Waals surface area contributed by atoms with Gasteiger partial charge in [0, 0.05) is 25.3 Å². The van der Waals surface area contributed by atoms with Crippen LogP contribution in [0.4, 0.5) is 11.4 Å². The molecule has 0 saturated carbocycles. The minimum Gasteiger partial charge on any atom is -0.487 e. The van der Waals surface area contributed by atoms with Crippen LogP contribution in [0.3, 0.4) is 0 Å². The molecule has 0 unspecified atom stereocenters. The number of hydrogen-bond donors (Lipinski definition) is 0. The van der Waals surface area contributed by atoms with Crippen LogP contribution in [0.5, 0.6) is 5.75 Å². The summed E-state index contributed by atoms with van der Waals surface area (Å²) in [6, 6.07) is 12.4. The van der Waals surface area contributed by atoms with Gasteiger partial charge in [-0.15, -0.1) is 0 Å². The van der Waals surface area contributed by atoms with Crippen LogP contribution >= 0.6 is 56.9 Å². The van der Waals surface area contributed by atoms with Crippen LogP contribution < -0.4 is 9.64 Å². The highest BCUT2D eigenvalue weighted by atomic mass is 127. The molecule has 0 radical (unpaired) electrons. The highest BCUT2D eigenvalue weighted by Gasteiger charge is 2.32. The van der Waals surface area contributed by atoms with Gasteiger partial charge in [0.1, 0.15) is 12.4 Å². The monoisotopic (exact) mass is 699 g/mol. The van der Waals surface area contributed by atoms with Crippen LogP contribution in [0.1, 0.15) is 31.7 Å². The summed E-state index contributed by atoms with van der Waals surface area (Å²) in [5, 5.41) is 0.722. The Labute approximate surface area is 233 Å². The smallest absolute Gasteiger partial charge is 0.266 e. The van der Waals surface area contributed by atoms with Crippen molar-refractivity contribution >= 4 is 85.5 Å². The van der Waals surface area contributed by atoms with E-state index in [1.165, 1.54) is 36.7 Å². The molecule has 0 atom stereocenters. The third-order valence-electron chi connectivity index (χ3n) is 5.66. The first-order valence-electron chi connectivity index (χ1n) is 11.4. The molecule has 2 aromatic carbocycles. The van der Waals surface area contributed by atoms with Crippen molar-refractivity contribution in [2.45, 2.75) is 26.2 Å². The molecule has 2 aliphatic rings. The van der Waals surface area contributed by atoms with Gasteiger partial charge < -0.3 is 9.64 Å². The standard InChI is InChI=1S/C26H27I2N3O2S/c1-3-14-33-24-21(27)15-18(16-22(24)28)17-23-25(32)31(4-2)26(34-23)29-19-8-10-20(11-9-19)30-12-6-5-7-13-30/h3,8-11,15-17H,1,4-7,12-14H2,2H3/b23-17-,29-26?. The number of anilines is 1. The van der Waals surface area contributed by atoms with Gasteiger partial charge in [-0.3, -0.25) is 9.69 Å². The van der Waals surface area contributed by atoms with Crippen LogP contribution in [0.25, 0.3) is 6.08 Å². The van der Waals surface area contributed by atoms with Gasteiger partial charge in [0.05, 0.1) is 17.7 Å². The summed E-state index contributed by atoms with van der Waals surface area (Å²) >= 11 is 5.97. The normalized spacial score (nSPS) is 18.7. The van der Waals surface area contributed by atoms with Crippen molar-refractivity contribution < 1.29 is 9.53 Å². The Bertz CT molecular complexity index is 1100. The molecule has 2 aromatic rings. The maximum Gasteiger partial charge on any atom is 0.266 e. The number of carbonyl (C=O) groups excluding carboxylic acids is 1. The van der Waals surface area contributed by atoms with E-state index in [2.05, 4.69) is 68.8 Å². The molecule has 0 spiro atoms. The lowest BCUT2D eigenvalue weighted by atomic mass is 10.1. The van der Waals surface area contributed by atoms with E-state index >= 15 is 0 Å². The lowest BCUT2D eigenvalue weighted by Crippen LogP contribution is -2.29. The van der Waals surface area contributed by atoms with Gasteiger partial charge in [0.2, 0.25) is 0 Å². The average Bonchev–Trinajstić information content (AvgIpc) is 3.13. The summed E-state index contributed by atoms with van der Waals surface area (Å²) in [7, 11) is 0. The minimum atomic E-state index is -0.00631.